The van der Waals surface area contributed by atoms with Crippen LogP contribution in [0.15, 0.2) is 24.3 Å². The number of ether oxygens (including phenoxy) is 3. The molecular formula is C33H31F2N5O4. The number of rotatable bonds is 5. The fourth-order valence-electron chi connectivity index (χ4n) is 7.46. The highest BCUT2D eigenvalue weighted by molar-refractivity contribution is 6.04. The lowest BCUT2D eigenvalue weighted by atomic mass is 9.95. The molecule has 0 amide bonds. The van der Waals surface area contributed by atoms with Crippen LogP contribution in [-0.4, -0.2) is 82.1 Å². The van der Waals surface area contributed by atoms with Crippen molar-refractivity contribution >= 4 is 27.5 Å². The summed E-state index contributed by atoms with van der Waals surface area (Å²) in [5, 5.41) is 11.6. The van der Waals surface area contributed by atoms with E-state index < -0.39 is 11.6 Å². The van der Waals surface area contributed by atoms with Crippen LogP contribution in [0.3, 0.4) is 0 Å². The number of fused-ring (bicyclic) bond motifs is 2. The van der Waals surface area contributed by atoms with Gasteiger partial charge in [0, 0.05) is 10.9 Å². The molecular weight excluding hydrogens is 568 g/mol. The monoisotopic (exact) mass is 599 g/mol. The lowest BCUT2D eigenvalue weighted by Gasteiger charge is -2.40. The summed E-state index contributed by atoms with van der Waals surface area (Å²) in [7, 11) is 0. The van der Waals surface area contributed by atoms with E-state index in [4.69, 9.17) is 25.6 Å². The smallest absolute Gasteiger partial charge is 0.319 e. The maximum Gasteiger partial charge on any atom is 0.319 e. The highest BCUT2D eigenvalue weighted by Crippen LogP contribution is 2.44. The van der Waals surface area contributed by atoms with E-state index in [0.717, 1.165) is 38.8 Å². The summed E-state index contributed by atoms with van der Waals surface area (Å²) in [6.07, 6.45) is 10.0. The molecule has 0 radical (unpaired) electrons. The summed E-state index contributed by atoms with van der Waals surface area (Å²) in [5.41, 5.74) is -0.197. The van der Waals surface area contributed by atoms with Crippen LogP contribution in [0.1, 0.15) is 38.2 Å². The Labute approximate surface area is 252 Å². The zero-order valence-corrected chi connectivity index (χ0v) is 24.3. The molecule has 3 saturated heterocycles. The minimum Gasteiger partial charge on any atom is -0.508 e. The van der Waals surface area contributed by atoms with Gasteiger partial charge in [-0.2, -0.15) is 9.97 Å². The summed E-state index contributed by atoms with van der Waals surface area (Å²) in [6.45, 7) is 5.76. The number of hydrogen-bond acceptors (Lipinski definition) is 9. The Bertz CT molecular complexity index is 1860. The minimum absolute atomic E-state index is 0.0168. The van der Waals surface area contributed by atoms with Gasteiger partial charge >= 0.3 is 6.01 Å². The normalized spacial score (nSPS) is 21.1. The van der Waals surface area contributed by atoms with Crippen LogP contribution in [0.25, 0.3) is 32.9 Å². The van der Waals surface area contributed by atoms with E-state index in [1.54, 1.807) is 0 Å². The van der Waals surface area contributed by atoms with Crippen LogP contribution in [0.2, 0.25) is 0 Å². The molecule has 2 aromatic carbocycles. The topological polar surface area (TPSA) is 93.1 Å². The third-order valence-corrected chi connectivity index (χ3v) is 9.64. The summed E-state index contributed by atoms with van der Waals surface area (Å²) in [5.74, 6) is 1.43. The van der Waals surface area contributed by atoms with Crippen LogP contribution in [0, 0.1) is 24.0 Å². The molecule has 9 nitrogen and oxygen atoms in total. The predicted molar refractivity (Wildman–Crippen MR) is 160 cm³/mol. The molecule has 1 atom stereocenters. The maximum absolute atomic E-state index is 16.9. The van der Waals surface area contributed by atoms with Crippen molar-refractivity contribution in [2.24, 2.45) is 0 Å². The van der Waals surface area contributed by atoms with Gasteiger partial charge in [0.25, 0.3) is 0 Å². The Hall–Kier alpha value is -4.27. The van der Waals surface area contributed by atoms with Crippen molar-refractivity contribution in [3.05, 3.63) is 41.5 Å². The minimum atomic E-state index is -0.777. The SMILES string of the molecule is C#Cc1c(F)ccc2cc(O)cc(-c3nc4c5c(nc(OCC67CCCN6CCC7)nc5c3F)N(C3COC3)[C@@H](C)CO4)c12. The molecule has 11 heteroatoms. The Morgan fingerprint density at radius 3 is 2.61 bits per heavy atom. The van der Waals surface area contributed by atoms with E-state index in [2.05, 4.69) is 25.7 Å². The second-order valence-corrected chi connectivity index (χ2v) is 12.3. The van der Waals surface area contributed by atoms with Crippen LogP contribution in [0.4, 0.5) is 14.6 Å². The molecule has 1 N–H and O–H groups in total. The number of anilines is 1. The number of pyridine rings is 1. The molecule has 3 fully saturated rings. The van der Waals surface area contributed by atoms with Gasteiger partial charge in [0.05, 0.1) is 36.4 Å². The van der Waals surface area contributed by atoms with Crippen molar-refractivity contribution < 1.29 is 28.1 Å². The molecule has 4 aromatic rings. The van der Waals surface area contributed by atoms with Crippen LogP contribution >= 0.6 is 0 Å². The lowest BCUT2D eigenvalue weighted by Crippen LogP contribution is -2.54. The van der Waals surface area contributed by atoms with E-state index in [1.807, 2.05) is 6.92 Å². The summed E-state index contributed by atoms with van der Waals surface area (Å²) in [6, 6.07) is 5.43. The molecule has 2 aromatic heterocycles. The van der Waals surface area contributed by atoms with Gasteiger partial charge in [-0.25, -0.2) is 13.8 Å². The number of aromatic nitrogens is 3. The van der Waals surface area contributed by atoms with E-state index in [0.29, 0.717) is 36.4 Å². The van der Waals surface area contributed by atoms with Crippen molar-refractivity contribution in [3.63, 3.8) is 0 Å². The molecule has 6 heterocycles. The van der Waals surface area contributed by atoms with E-state index >= 15 is 4.39 Å². The van der Waals surface area contributed by atoms with Crippen molar-refractivity contribution in [3.8, 4) is 41.2 Å². The third kappa shape index (κ3) is 4.08. The number of aromatic hydroxyl groups is 1. The molecule has 8 rings (SSSR count). The fourth-order valence-corrected chi connectivity index (χ4v) is 7.46. The first-order chi connectivity index (χ1) is 21.4. The van der Waals surface area contributed by atoms with Gasteiger partial charge < -0.3 is 24.2 Å². The Balaban J connectivity index is 1.35. The lowest BCUT2D eigenvalue weighted by molar-refractivity contribution is 0.00380. The maximum atomic E-state index is 16.9. The van der Waals surface area contributed by atoms with Crippen molar-refractivity contribution in [2.75, 3.05) is 44.4 Å². The summed E-state index contributed by atoms with van der Waals surface area (Å²) < 4.78 is 49.9. The van der Waals surface area contributed by atoms with Gasteiger partial charge in [-0.15, -0.1) is 6.42 Å². The van der Waals surface area contributed by atoms with Gasteiger partial charge in [-0.3, -0.25) is 4.90 Å². The number of phenols is 1. The van der Waals surface area contributed by atoms with Gasteiger partial charge in [-0.1, -0.05) is 12.0 Å². The van der Waals surface area contributed by atoms with Crippen molar-refractivity contribution in [2.45, 2.75) is 50.2 Å². The standard InChI is InChI=1S/C33H31F2N5O4/c1-3-22-24(34)7-6-19-12-21(41)13-23(25(19)22)28-27(35)29-26-30(40(20-15-42-16-20)18(2)14-43-31(26)36-28)38-32(37-29)44-17-33-8-4-10-39(33)11-5-9-33/h1,6-7,12-13,18,20,41H,4-5,8-11,14-17H2,2H3/t18-/m0/s1. The van der Waals surface area contributed by atoms with E-state index in [-0.39, 0.29) is 69.6 Å². The average Bonchev–Trinajstić information content (AvgIpc) is 3.54. The van der Waals surface area contributed by atoms with Gasteiger partial charge in [0.1, 0.15) is 47.2 Å². The fraction of sp³-hybridized carbons (Fsp3) is 0.424. The van der Waals surface area contributed by atoms with E-state index in [9.17, 15) is 9.50 Å². The first-order valence-electron chi connectivity index (χ1n) is 15.1. The Morgan fingerprint density at radius 2 is 1.89 bits per heavy atom. The molecule has 0 unspecified atom stereocenters. The zero-order valence-electron chi connectivity index (χ0n) is 24.3. The van der Waals surface area contributed by atoms with Crippen LogP contribution in [0.5, 0.6) is 17.6 Å². The highest BCUT2D eigenvalue weighted by atomic mass is 19.1. The third-order valence-electron chi connectivity index (χ3n) is 9.64. The predicted octanol–water partition coefficient (Wildman–Crippen LogP) is 4.80. The average molecular weight is 600 g/mol. The number of halogens is 2. The number of hydrogen-bond donors (Lipinski definition) is 1. The van der Waals surface area contributed by atoms with Gasteiger partial charge in [0.15, 0.2) is 5.82 Å². The summed E-state index contributed by atoms with van der Waals surface area (Å²) in [4.78, 5) is 18.7. The molecule has 226 valence electrons. The molecule has 4 aliphatic heterocycles. The van der Waals surface area contributed by atoms with Crippen LogP contribution in [-0.2, 0) is 4.74 Å². The molecule has 0 aliphatic carbocycles. The van der Waals surface area contributed by atoms with E-state index in [1.165, 1.54) is 24.3 Å². The first kappa shape index (κ1) is 27.3. The van der Waals surface area contributed by atoms with Gasteiger partial charge in [0.2, 0.25) is 5.88 Å². The summed E-state index contributed by atoms with van der Waals surface area (Å²) >= 11 is 0. The Morgan fingerprint density at radius 1 is 1.09 bits per heavy atom. The quantitative estimate of drug-likeness (QED) is 0.325. The van der Waals surface area contributed by atoms with Crippen LogP contribution < -0.4 is 14.4 Å². The Kier molecular flexibility index (Phi) is 6.29. The first-order valence-corrected chi connectivity index (χ1v) is 15.1. The molecule has 0 bridgehead atoms. The second kappa shape index (κ2) is 10.1. The molecule has 4 aliphatic rings. The molecule has 44 heavy (non-hydrogen) atoms. The molecule has 0 spiro atoms. The molecule has 0 saturated carbocycles. The van der Waals surface area contributed by atoms with Gasteiger partial charge in [-0.05, 0) is 69.3 Å². The number of nitrogens with zero attached hydrogens (tertiary/aromatic N) is 5. The zero-order chi connectivity index (χ0) is 30.2. The second-order valence-electron chi connectivity index (χ2n) is 12.3. The number of terminal acetylenes is 1. The number of benzene rings is 2. The highest BCUT2D eigenvalue weighted by Gasteiger charge is 2.45. The van der Waals surface area contributed by atoms with Crippen molar-refractivity contribution in [1.29, 1.82) is 0 Å². The number of phenolic OH excluding ortho intramolecular Hbond substituents is 1. The largest absolute Gasteiger partial charge is 0.508 e. The van der Waals surface area contributed by atoms with Crippen molar-refractivity contribution in [1.82, 2.24) is 19.9 Å².